The van der Waals surface area contributed by atoms with Crippen molar-refractivity contribution in [1.82, 2.24) is 9.97 Å². The third-order valence-corrected chi connectivity index (χ3v) is 5.18. The molecule has 7 heteroatoms. The largest absolute Gasteiger partial charge is 0.393 e. The Morgan fingerprint density at radius 1 is 0.897 bits per heavy atom. The van der Waals surface area contributed by atoms with Crippen molar-refractivity contribution in [2.75, 3.05) is 53.6 Å². The lowest BCUT2D eigenvalue weighted by Crippen LogP contribution is -2.47. The smallest absolute Gasteiger partial charge is 0.157 e. The van der Waals surface area contributed by atoms with Gasteiger partial charge in [-0.15, -0.1) is 0 Å². The molecular weight excluding hydrogens is 367 g/mol. The molecule has 0 unspecified atom stereocenters. The molecule has 4 rings (SSSR count). The van der Waals surface area contributed by atoms with Gasteiger partial charge in [-0.1, -0.05) is 42.5 Å². The second kappa shape index (κ2) is 8.77. The van der Waals surface area contributed by atoms with E-state index in [4.69, 9.17) is 5.73 Å². The van der Waals surface area contributed by atoms with Crippen LogP contribution in [0.15, 0.2) is 60.9 Å². The van der Waals surface area contributed by atoms with E-state index < -0.39 is 0 Å². The molecule has 0 radical (unpaired) electrons. The summed E-state index contributed by atoms with van der Waals surface area (Å²) in [7, 11) is 0. The zero-order chi connectivity index (χ0) is 20.1. The molecular formula is C22H25FN6. The zero-order valence-corrected chi connectivity index (χ0v) is 16.3. The molecule has 2 aromatic carbocycles. The van der Waals surface area contributed by atoms with E-state index in [1.807, 2.05) is 30.3 Å². The van der Waals surface area contributed by atoms with E-state index in [-0.39, 0.29) is 5.82 Å². The van der Waals surface area contributed by atoms with Crippen molar-refractivity contribution in [2.24, 2.45) is 0 Å². The Morgan fingerprint density at radius 3 is 2.34 bits per heavy atom. The normalized spacial score (nSPS) is 14.1. The van der Waals surface area contributed by atoms with Crippen LogP contribution in [-0.4, -0.2) is 42.7 Å². The van der Waals surface area contributed by atoms with Crippen molar-refractivity contribution >= 4 is 23.0 Å². The number of nitrogens with two attached hydrogens (primary N) is 1. The molecule has 0 atom stereocenters. The van der Waals surface area contributed by atoms with Crippen molar-refractivity contribution in [3.8, 4) is 0 Å². The molecule has 2 heterocycles. The van der Waals surface area contributed by atoms with E-state index in [2.05, 4.69) is 37.2 Å². The summed E-state index contributed by atoms with van der Waals surface area (Å²) in [6, 6.07) is 17.2. The lowest BCUT2D eigenvalue weighted by Gasteiger charge is -2.37. The van der Waals surface area contributed by atoms with Gasteiger partial charge in [-0.2, -0.15) is 0 Å². The summed E-state index contributed by atoms with van der Waals surface area (Å²) in [5.74, 6) is 1.20. The zero-order valence-electron chi connectivity index (χ0n) is 16.3. The van der Waals surface area contributed by atoms with E-state index in [1.54, 1.807) is 12.4 Å². The van der Waals surface area contributed by atoms with Crippen molar-refractivity contribution in [3.05, 3.63) is 72.3 Å². The van der Waals surface area contributed by atoms with Crippen LogP contribution in [0.1, 0.15) is 5.56 Å². The van der Waals surface area contributed by atoms with Crippen molar-refractivity contribution < 1.29 is 4.39 Å². The summed E-state index contributed by atoms with van der Waals surface area (Å²) in [6.45, 7) is 3.60. The molecule has 3 aromatic rings. The Kier molecular flexibility index (Phi) is 5.74. The molecule has 1 saturated heterocycles. The fraction of sp³-hybridized carbons (Fsp3) is 0.273. The molecule has 1 aliphatic heterocycles. The van der Waals surface area contributed by atoms with Gasteiger partial charge in [0.15, 0.2) is 11.6 Å². The van der Waals surface area contributed by atoms with Crippen LogP contribution in [0.5, 0.6) is 0 Å². The number of piperazine rings is 1. The summed E-state index contributed by atoms with van der Waals surface area (Å²) in [4.78, 5) is 12.9. The predicted molar refractivity (Wildman–Crippen MR) is 116 cm³/mol. The average Bonchev–Trinajstić information content (AvgIpc) is 2.76. The second-order valence-corrected chi connectivity index (χ2v) is 7.05. The van der Waals surface area contributed by atoms with Crippen molar-refractivity contribution in [2.45, 2.75) is 6.42 Å². The molecule has 0 spiro atoms. The van der Waals surface area contributed by atoms with E-state index in [9.17, 15) is 4.39 Å². The summed E-state index contributed by atoms with van der Waals surface area (Å²) in [5, 5.41) is 3.32. The SMILES string of the molecule is Nc1c(NCCc2ccccc2)ncnc1N1CCN(c2ccccc2F)CC1. The molecule has 0 amide bonds. The number of para-hydroxylation sites is 1. The number of anilines is 4. The Labute approximate surface area is 170 Å². The molecule has 6 nitrogen and oxygen atoms in total. The first-order valence-corrected chi connectivity index (χ1v) is 9.85. The first-order valence-electron chi connectivity index (χ1n) is 9.85. The number of halogens is 1. The van der Waals surface area contributed by atoms with Gasteiger partial charge >= 0.3 is 0 Å². The van der Waals surface area contributed by atoms with Gasteiger partial charge < -0.3 is 20.9 Å². The number of aromatic nitrogens is 2. The third-order valence-electron chi connectivity index (χ3n) is 5.18. The molecule has 0 bridgehead atoms. The van der Waals surface area contributed by atoms with Gasteiger partial charge in [0.2, 0.25) is 0 Å². The Bertz CT molecular complexity index is 941. The van der Waals surface area contributed by atoms with Gasteiger partial charge in [0.25, 0.3) is 0 Å². The summed E-state index contributed by atoms with van der Waals surface area (Å²) < 4.78 is 14.0. The minimum Gasteiger partial charge on any atom is -0.393 e. The van der Waals surface area contributed by atoms with Gasteiger partial charge in [0.1, 0.15) is 17.8 Å². The van der Waals surface area contributed by atoms with Crippen LogP contribution in [0.25, 0.3) is 0 Å². The summed E-state index contributed by atoms with van der Waals surface area (Å²) in [5.41, 5.74) is 8.82. The highest BCUT2D eigenvalue weighted by Gasteiger charge is 2.22. The van der Waals surface area contributed by atoms with Gasteiger partial charge in [0, 0.05) is 32.7 Å². The summed E-state index contributed by atoms with van der Waals surface area (Å²) in [6.07, 6.45) is 2.43. The van der Waals surface area contributed by atoms with Gasteiger partial charge in [-0.05, 0) is 24.1 Å². The molecule has 3 N–H and O–H groups in total. The minimum absolute atomic E-state index is 0.188. The minimum atomic E-state index is -0.188. The quantitative estimate of drug-likeness (QED) is 0.671. The second-order valence-electron chi connectivity index (χ2n) is 7.05. The predicted octanol–water partition coefficient (Wildman–Crippen LogP) is 3.18. The van der Waals surface area contributed by atoms with E-state index in [1.165, 1.54) is 11.6 Å². The number of hydrogen-bond donors (Lipinski definition) is 2. The molecule has 150 valence electrons. The van der Waals surface area contributed by atoms with Crippen LogP contribution in [-0.2, 0) is 6.42 Å². The molecule has 1 aliphatic rings. The van der Waals surface area contributed by atoms with Crippen LogP contribution in [0.3, 0.4) is 0 Å². The Balaban J connectivity index is 1.38. The van der Waals surface area contributed by atoms with E-state index in [0.717, 1.165) is 31.9 Å². The standard InChI is InChI=1S/C22H25FN6/c23-18-8-4-5-9-19(18)28-12-14-29(15-13-28)22-20(24)21(26-16-27-22)25-11-10-17-6-2-1-3-7-17/h1-9,16H,10-15,24H2,(H,25,26,27). The maximum atomic E-state index is 14.0. The molecule has 0 saturated carbocycles. The maximum Gasteiger partial charge on any atom is 0.157 e. The third kappa shape index (κ3) is 4.39. The lowest BCUT2D eigenvalue weighted by molar-refractivity contribution is 0.596. The molecule has 29 heavy (non-hydrogen) atoms. The Morgan fingerprint density at radius 2 is 1.59 bits per heavy atom. The van der Waals surface area contributed by atoms with Crippen molar-refractivity contribution in [1.29, 1.82) is 0 Å². The van der Waals surface area contributed by atoms with Gasteiger partial charge in [-0.3, -0.25) is 0 Å². The number of benzene rings is 2. The van der Waals surface area contributed by atoms with Crippen LogP contribution in [0, 0.1) is 5.82 Å². The van der Waals surface area contributed by atoms with Crippen LogP contribution in [0.2, 0.25) is 0 Å². The van der Waals surface area contributed by atoms with Crippen molar-refractivity contribution in [3.63, 3.8) is 0 Å². The maximum absolute atomic E-state index is 14.0. The molecule has 1 aromatic heterocycles. The number of nitrogens with zero attached hydrogens (tertiary/aromatic N) is 4. The van der Waals surface area contributed by atoms with E-state index >= 15 is 0 Å². The topological polar surface area (TPSA) is 70.3 Å². The van der Waals surface area contributed by atoms with Gasteiger partial charge in [0.05, 0.1) is 5.69 Å². The molecule has 1 fully saturated rings. The fourth-order valence-corrected chi connectivity index (χ4v) is 3.62. The fourth-order valence-electron chi connectivity index (χ4n) is 3.62. The number of hydrogen-bond acceptors (Lipinski definition) is 6. The highest BCUT2D eigenvalue weighted by Crippen LogP contribution is 2.28. The van der Waals surface area contributed by atoms with Gasteiger partial charge in [-0.25, -0.2) is 14.4 Å². The van der Waals surface area contributed by atoms with Crippen LogP contribution in [0.4, 0.5) is 27.4 Å². The number of rotatable bonds is 6. The first kappa shape index (κ1) is 19.0. The van der Waals surface area contributed by atoms with Crippen LogP contribution < -0.4 is 20.9 Å². The summed E-state index contributed by atoms with van der Waals surface area (Å²) >= 11 is 0. The Hall–Kier alpha value is -3.35. The molecule has 0 aliphatic carbocycles. The first-order chi connectivity index (χ1) is 14.2. The number of nitrogen functional groups attached to an aromatic ring is 1. The average molecular weight is 392 g/mol. The van der Waals surface area contributed by atoms with Crippen LogP contribution >= 0.6 is 0 Å². The lowest BCUT2D eigenvalue weighted by atomic mass is 10.1. The monoisotopic (exact) mass is 392 g/mol. The van der Waals surface area contributed by atoms with E-state index in [0.29, 0.717) is 30.3 Å². The highest BCUT2D eigenvalue weighted by atomic mass is 19.1. The highest BCUT2D eigenvalue weighted by molar-refractivity contribution is 5.75. The number of nitrogens with one attached hydrogen (secondary N) is 1.